The van der Waals surface area contributed by atoms with Gasteiger partial charge in [-0.2, -0.15) is 0 Å². The van der Waals surface area contributed by atoms with E-state index in [1.807, 2.05) is 24.3 Å². The van der Waals surface area contributed by atoms with Crippen LogP contribution in [0.4, 0.5) is 0 Å². The molecule has 3 N–H and O–H groups in total. The number of hydrogen-bond donors (Lipinski definition) is 2. The predicted molar refractivity (Wildman–Crippen MR) is 67.9 cm³/mol. The molecule has 1 fully saturated rings. The number of rotatable bonds is 3. The van der Waals surface area contributed by atoms with Gasteiger partial charge in [0.2, 0.25) is 0 Å². The van der Waals surface area contributed by atoms with Crippen LogP contribution in [0.2, 0.25) is 0 Å². The minimum atomic E-state index is -0.776. The molecule has 1 aliphatic carbocycles. The van der Waals surface area contributed by atoms with Crippen molar-refractivity contribution in [2.24, 2.45) is 11.7 Å². The quantitative estimate of drug-likeness (QED) is 0.843. The van der Waals surface area contributed by atoms with E-state index in [9.17, 15) is 5.11 Å². The molecule has 1 aromatic carbocycles. The second kappa shape index (κ2) is 5.07. The van der Waals surface area contributed by atoms with Gasteiger partial charge in [-0.3, -0.25) is 0 Å². The molecule has 2 rings (SSSR count). The highest BCUT2D eigenvalue weighted by Crippen LogP contribution is 2.41. The fourth-order valence-electron chi connectivity index (χ4n) is 2.81. The highest BCUT2D eigenvalue weighted by atomic mass is 16.5. The zero-order valence-corrected chi connectivity index (χ0v) is 10.4. The van der Waals surface area contributed by atoms with Crippen molar-refractivity contribution in [2.45, 2.75) is 31.3 Å². The first kappa shape index (κ1) is 12.4. The highest BCUT2D eigenvalue weighted by Gasteiger charge is 2.39. The van der Waals surface area contributed by atoms with Gasteiger partial charge in [0, 0.05) is 5.92 Å². The van der Waals surface area contributed by atoms with Crippen LogP contribution in [0.15, 0.2) is 24.3 Å². The van der Waals surface area contributed by atoms with E-state index in [1.54, 1.807) is 7.11 Å². The Bertz CT molecular complexity index is 380. The fourth-order valence-corrected chi connectivity index (χ4v) is 2.81. The van der Waals surface area contributed by atoms with Crippen molar-refractivity contribution in [3.05, 3.63) is 29.8 Å². The number of methoxy groups -OCH3 is 1. The summed E-state index contributed by atoms with van der Waals surface area (Å²) in [7, 11) is 1.64. The Morgan fingerprint density at radius 1 is 1.47 bits per heavy atom. The average molecular weight is 235 g/mol. The molecule has 1 aromatic rings. The molecule has 0 heterocycles. The molecule has 0 spiro atoms. The summed E-state index contributed by atoms with van der Waals surface area (Å²) in [4.78, 5) is 0. The second-order valence-electron chi connectivity index (χ2n) is 4.83. The first-order valence-electron chi connectivity index (χ1n) is 6.27. The average Bonchev–Trinajstić information content (AvgIpc) is 2.39. The topological polar surface area (TPSA) is 55.5 Å². The van der Waals surface area contributed by atoms with Crippen molar-refractivity contribution in [2.75, 3.05) is 13.7 Å². The molecule has 0 saturated heterocycles. The SMILES string of the molecule is COc1cccc([C@@]2(O)CCCC[C@H]2CN)c1. The highest BCUT2D eigenvalue weighted by molar-refractivity contribution is 5.33. The Kier molecular flexibility index (Phi) is 3.69. The minimum absolute atomic E-state index is 0.156. The van der Waals surface area contributed by atoms with Gasteiger partial charge < -0.3 is 15.6 Å². The van der Waals surface area contributed by atoms with Crippen LogP contribution in [0.5, 0.6) is 5.75 Å². The third-order valence-electron chi connectivity index (χ3n) is 3.89. The lowest BCUT2D eigenvalue weighted by Gasteiger charge is -2.40. The Morgan fingerprint density at radius 3 is 3.00 bits per heavy atom. The second-order valence-corrected chi connectivity index (χ2v) is 4.83. The maximum absolute atomic E-state index is 10.9. The molecule has 3 heteroatoms. The number of aliphatic hydroxyl groups is 1. The standard InChI is InChI=1S/C14H21NO2/c1-17-13-7-4-6-11(9-13)14(16)8-3-2-5-12(14)10-15/h4,6-7,9,12,16H,2-3,5,8,10,15H2,1H3/t12-,14-/m0/s1. The van der Waals surface area contributed by atoms with Crippen LogP contribution in [0.25, 0.3) is 0 Å². The van der Waals surface area contributed by atoms with E-state index in [-0.39, 0.29) is 5.92 Å². The summed E-state index contributed by atoms with van der Waals surface area (Å²) in [6.45, 7) is 0.535. The van der Waals surface area contributed by atoms with Crippen molar-refractivity contribution < 1.29 is 9.84 Å². The van der Waals surface area contributed by atoms with Crippen LogP contribution in [0.3, 0.4) is 0 Å². The Labute approximate surface area is 103 Å². The van der Waals surface area contributed by atoms with Crippen molar-refractivity contribution in [1.29, 1.82) is 0 Å². The molecule has 0 amide bonds. The van der Waals surface area contributed by atoms with E-state index >= 15 is 0 Å². The molecule has 1 saturated carbocycles. The molecule has 0 radical (unpaired) electrons. The minimum Gasteiger partial charge on any atom is -0.497 e. The van der Waals surface area contributed by atoms with Crippen molar-refractivity contribution in [3.63, 3.8) is 0 Å². The van der Waals surface area contributed by atoms with Crippen molar-refractivity contribution in [3.8, 4) is 5.75 Å². The van der Waals surface area contributed by atoms with Gasteiger partial charge in [0.25, 0.3) is 0 Å². The van der Waals surface area contributed by atoms with Crippen LogP contribution in [-0.4, -0.2) is 18.8 Å². The molecule has 0 aliphatic heterocycles. The van der Waals surface area contributed by atoms with Crippen LogP contribution < -0.4 is 10.5 Å². The van der Waals surface area contributed by atoms with E-state index in [2.05, 4.69) is 0 Å². The maximum atomic E-state index is 10.9. The Morgan fingerprint density at radius 2 is 2.29 bits per heavy atom. The Hall–Kier alpha value is -1.06. The van der Waals surface area contributed by atoms with E-state index in [0.717, 1.165) is 37.0 Å². The van der Waals surface area contributed by atoms with Crippen LogP contribution in [-0.2, 0) is 5.60 Å². The Balaban J connectivity index is 2.33. The van der Waals surface area contributed by atoms with E-state index in [4.69, 9.17) is 10.5 Å². The van der Waals surface area contributed by atoms with Crippen LogP contribution in [0, 0.1) is 5.92 Å². The molecule has 94 valence electrons. The molecule has 3 nitrogen and oxygen atoms in total. The van der Waals surface area contributed by atoms with Gasteiger partial charge >= 0.3 is 0 Å². The van der Waals surface area contributed by atoms with E-state index in [1.165, 1.54) is 0 Å². The summed E-state index contributed by atoms with van der Waals surface area (Å²) in [6.07, 6.45) is 4.02. The molecule has 0 unspecified atom stereocenters. The summed E-state index contributed by atoms with van der Waals surface area (Å²) in [6, 6.07) is 7.71. The van der Waals surface area contributed by atoms with Gasteiger partial charge in [-0.15, -0.1) is 0 Å². The molecular formula is C14H21NO2. The van der Waals surface area contributed by atoms with Gasteiger partial charge in [0.1, 0.15) is 5.75 Å². The van der Waals surface area contributed by atoms with Gasteiger partial charge in [-0.25, -0.2) is 0 Å². The summed E-state index contributed by atoms with van der Waals surface area (Å²) in [5.74, 6) is 0.945. The van der Waals surface area contributed by atoms with Gasteiger partial charge in [0.15, 0.2) is 0 Å². The summed E-state index contributed by atoms with van der Waals surface area (Å²) in [5.41, 5.74) is 5.96. The van der Waals surface area contributed by atoms with Crippen LogP contribution >= 0.6 is 0 Å². The monoisotopic (exact) mass is 235 g/mol. The normalized spacial score (nSPS) is 29.0. The fraction of sp³-hybridized carbons (Fsp3) is 0.571. The lowest BCUT2D eigenvalue weighted by molar-refractivity contribution is -0.0507. The molecule has 17 heavy (non-hydrogen) atoms. The molecule has 0 bridgehead atoms. The first-order valence-corrected chi connectivity index (χ1v) is 6.27. The third kappa shape index (κ3) is 2.31. The molecule has 0 aromatic heterocycles. The largest absolute Gasteiger partial charge is 0.497 e. The third-order valence-corrected chi connectivity index (χ3v) is 3.89. The number of benzene rings is 1. The van der Waals surface area contributed by atoms with E-state index in [0.29, 0.717) is 6.54 Å². The summed E-state index contributed by atoms with van der Waals surface area (Å²) >= 11 is 0. The summed E-state index contributed by atoms with van der Waals surface area (Å²) in [5, 5.41) is 10.9. The predicted octanol–water partition coefficient (Wildman–Crippen LogP) is 2.03. The maximum Gasteiger partial charge on any atom is 0.119 e. The lowest BCUT2D eigenvalue weighted by atomic mass is 9.71. The smallest absolute Gasteiger partial charge is 0.119 e. The van der Waals surface area contributed by atoms with Crippen molar-refractivity contribution in [1.82, 2.24) is 0 Å². The first-order chi connectivity index (χ1) is 8.20. The molecule has 1 aliphatic rings. The van der Waals surface area contributed by atoms with Crippen LogP contribution in [0.1, 0.15) is 31.2 Å². The zero-order valence-electron chi connectivity index (χ0n) is 10.4. The number of ether oxygens (including phenoxy) is 1. The zero-order chi connectivity index (χ0) is 12.3. The van der Waals surface area contributed by atoms with E-state index < -0.39 is 5.60 Å². The molecular weight excluding hydrogens is 214 g/mol. The number of nitrogens with two attached hydrogens (primary N) is 1. The lowest BCUT2D eigenvalue weighted by Crippen LogP contribution is -2.41. The van der Waals surface area contributed by atoms with Gasteiger partial charge in [0.05, 0.1) is 12.7 Å². The van der Waals surface area contributed by atoms with Gasteiger partial charge in [-0.05, 0) is 37.1 Å². The number of hydrogen-bond acceptors (Lipinski definition) is 3. The van der Waals surface area contributed by atoms with Gasteiger partial charge in [-0.1, -0.05) is 25.0 Å². The van der Waals surface area contributed by atoms with Crippen molar-refractivity contribution >= 4 is 0 Å². The molecule has 2 atom stereocenters. The summed E-state index contributed by atoms with van der Waals surface area (Å²) < 4.78 is 5.22.